The van der Waals surface area contributed by atoms with Crippen molar-refractivity contribution in [1.82, 2.24) is 0 Å². The Morgan fingerprint density at radius 3 is 2.11 bits per heavy atom. The molecule has 0 bridgehead atoms. The molecule has 0 aromatic heterocycles. The SMILES string of the molecule is Cc1ccc(C2CCC(CC(=O)Nc3ccc(Cl)cc3)CC2)cc1.O=S=O. The van der Waals surface area contributed by atoms with Crippen LogP contribution in [-0.2, 0) is 16.4 Å². The van der Waals surface area contributed by atoms with Gasteiger partial charge < -0.3 is 5.32 Å². The van der Waals surface area contributed by atoms with E-state index in [9.17, 15) is 4.79 Å². The highest BCUT2D eigenvalue weighted by molar-refractivity contribution is 7.51. The largest absolute Gasteiger partial charge is 0.335 e. The molecular weight excluding hydrogens is 382 g/mol. The van der Waals surface area contributed by atoms with E-state index in [-0.39, 0.29) is 5.91 Å². The number of carbonyl (C=O) groups is 1. The van der Waals surface area contributed by atoms with Crippen molar-refractivity contribution in [1.29, 1.82) is 0 Å². The molecule has 0 radical (unpaired) electrons. The first kappa shape index (κ1) is 21.3. The van der Waals surface area contributed by atoms with E-state index in [1.54, 1.807) is 12.1 Å². The number of nitrogens with one attached hydrogen (secondary N) is 1. The lowest BCUT2D eigenvalue weighted by Crippen LogP contribution is -2.20. The Morgan fingerprint density at radius 2 is 1.56 bits per heavy atom. The van der Waals surface area contributed by atoms with E-state index in [1.807, 2.05) is 12.1 Å². The molecule has 1 amide bonds. The molecule has 4 nitrogen and oxygen atoms in total. The summed E-state index contributed by atoms with van der Waals surface area (Å²) in [7, 11) is 0. The third kappa shape index (κ3) is 7.27. The van der Waals surface area contributed by atoms with Crippen molar-refractivity contribution in [2.24, 2.45) is 5.92 Å². The maximum Gasteiger partial charge on any atom is 0.335 e. The van der Waals surface area contributed by atoms with Gasteiger partial charge in [-0.1, -0.05) is 41.4 Å². The lowest BCUT2D eigenvalue weighted by atomic mass is 9.77. The van der Waals surface area contributed by atoms with Crippen LogP contribution in [0.5, 0.6) is 0 Å². The van der Waals surface area contributed by atoms with Crippen LogP contribution in [0, 0.1) is 12.8 Å². The molecule has 0 atom stereocenters. The summed E-state index contributed by atoms with van der Waals surface area (Å²) in [5.74, 6) is 1.26. The molecule has 6 heteroatoms. The smallest absolute Gasteiger partial charge is 0.326 e. The molecule has 27 heavy (non-hydrogen) atoms. The first-order valence-corrected chi connectivity index (χ1v) is 10.1. The van der Waals surface area contributed by atoms with Crippen molar-refractivity contribution in [2.45, 2.75) is 44.9 Å². The van der Waals surface area contributed by atoms with Crippen molar-refractivity contribution in [3.8, 4) is 0 Å². The molecule has 1 aliphatic carbocycles. The highest BCUT2D eigenvalue weighted by Gasteiger charge is 2.24. The summed E-state index contributed by atoms with van der Waals surface area (Å²) in [6, 6.07) is 16.2. The highest BCUT2D eigenvalue weighted by Crippen LogP contribution is 2.37. The first-order valence-electron chi connectivity index (χ1n) is 9.05. The Labute approximate surface area is 168 Å². The molecule has 0 saturated heterocycles. The zero-order chi connectivity index (χ0) is 19.6. The van der Waals surface area contributed by atoms with E-state index >= 15 is 0 Å². The summed E-state index contributed by atoms with van der Waals surface area (Å²) in [5, 5.41) is 3.65. The van der Waals surface area contributed by atoms with Gasteiger partial charge in [0.1, 0.15) is 0 Å². The van der Waals surface area contributed by atoms with Crippen LogP contribution >= 0.6 is 11.6 Å². The number of amides is 1. The van der Waals surface area contributed by atoms with Gasteiger partial charge >= 0.3 is 11.6 Å². The number of halogens is 1. The third-order valence-electron chi connectivity index (χ3n) is 5.00. The van der Waals surface area contributed by atoms with E-state index in [1.165, 1.54) is 24.0 Å². The standard InChI is InChI=1S/C21H24ClNO.O2S/c1-15-2-6-17(7-3-15)18-8-4-16(5-9-18)14-21(24)23-20-12-10-19(22)11-13-20;1-3-2/h2-3,6-7,10-13,16,18H,4-5,8-9,14H2,1H3,(H,23,24);. The second kappa shape index (κ2) is 11.0. The van der Waals surface area contributed by atoms with Gasteiger partial charge in [-0.3, -0.25) is 4.79 Å². The number of hydrogen-bond acceptors (Lipinski definition) is 3. The van der Waals surface area contributed by atoms with Gasteiger partial charge in [-0.15, -0.1) is 0 Å². The van der Waals surface area contributed by atoms with Crippen LogP contribution < -0.4 is 5.32 Å². The molecule has 1 fully saturated rings. The average molecular weight is 406 g/mol. The average Bonchev–Trinajstić information content (AvgIpc) is 2.66. The van der Waals surface area contributed by atoms with Crippen LogP contribution in [0.1, 0.15) is 49.1 Å². The van der Waals surface area contributed by atoms with Gasteiger partial charge in [0.05, 0.1) is 0 Å². The minimum atomic E-state index is -0.750. The van der Waals surface area contributed by atoms with Crippen molar-refractivity contribution in [3.63, 3.8) is 0 Å². The monoisotopic (exact) mass is 405 g/mol. The van der Waals surface area contributed by atoms with Crippen molar-refractivity contribution < 1.29 is 13.2 Å². The number of hydrogen-bond donors (Lipinski definition) is 1. The number of benzene rings is 2. The van der Waals surface area contributed by atoms with Gasteiger partial charge in [0.15, 0.2) is 0 Å². The Morgan fingerprint density at radius 1 is 1.00 bits per heavy atom. The predicted molar refractivity (Wildman–Crippen MR) is 109 cm³/mol. The molecule has 2 aromatic carbocycles. The summed E-state index contributed by atoms with van der Waals surface area (Å²) >= 11 is 5.11. The zero-order valence-corrected chi connectivity index (χ0v) is 16.9. The summed E-state index contributed by atoms with van der Waals surface area (Å²) < 4.78 is 16.6. The van der Waals surface area contributed by atoms with Crippen LogP contribution in [-0.4, -0.2) is 14.3 Å². The molecule has 1 saturated carbocycles. The van der Waals surface area contributed by atoms with E-state index in [2.05, 4.69) is 36.5 Å². The molecule has 0 heterocycles. The molecule has 3 rings (SSSR count). The number of rotatable bonds is 4. The van der Waals surface area contributed by atoms with Crippen molar-refractivity contribution in [2.75, 3.05) is 5.32 Å². The quantitative estimate of drug-likeness (QED) is 0.752. The fourth-order valence-corrected chi connectivity index (χ4v) is 3.67. The van der Waals surface area contributed by atoms with Crippen LogP contribution in [0.15, 0.2) is 48.5 Å². The van der Waals surface area contributed by atoms with Gasteiger partial charge in [0, 0.05) is 17.1 Å². The Hall–Kier alpha value is -1.98. The summed E-state index contributed by atoms with van der Waals surface area (Å²) in [5.41, 5.74) is 3.58. The summed E-state index contributed by atoms with van der Waals surface area (Å²) in [4.78, 5) is 12.2. The lowest BCUT2D eigenvalue weighted by molar-refractivity contribution is -0.117. The van der Waals surface area contributed by atoms with Gasteiger partial charge in [-0.05, 0) is 74.3 Å². The molecule has 2 aromatic rings. The maximum absolute atomic E-state index is 12.2. The van der Waals surface area contributed by atoms with Gasteiger partial charge in [-0.25, -0.2) is 0 Å². The highest BCUT2D eigenvalue weighted by atomic mass is 35.5. The van der Waals surface area contributed by atoms with Crippen molar-refractivity contribution in [3.05, 3.63) is 64.7 Å². The molecule has 144 valence electrons. The Bertz CT molecular complexity index is 763. The lowest BCUT2D eigenvalue weighted by Gasteiger charge is -2.28. The topological polar surface area (TPSA) is 63.2 Å². The van der Waals surface area contributed by atoms with E-state index in [4.69, 9.17) is 20.0 Å². The molecule has 0 aliphatic heterocycles. The number of anilines is 1. The minimum absolute atomic E-state index is 0.108. The normalized spacial score (nSPS) is 18.7. The molecule has 0 spiro atoms. The minimum Gasteiger partial charge on any atom is -0.326 e. The van der Waals surface area contributed by atoms with Gasteiger partial charge in [0.2, 0.25) is 5.91 Å². The molecular formula is C21H24ClNO3S. The van der Waals surface area contributed by atoms with Gasteiger partial charge in [0.25, 0.3) is 0 Å². The fraction of sp³-hybridized carbons (Fsp3) is 0.381. The first-order chi connectivity index (χ1) is 13.0. The van der Waals surface area contributed by atoms with Crippen LogP contribution in [0.4, 0.5) is 5.69 Å². The van der Waals surface area contributed by atoms with Gasteiger partial charge in [-0.2, -0.15) is 8.42 Å². The second-order valence-corrected chi connectivity index (χ2v) is 7.53. The van der Waals surface area contributed by atoms with Crippen LogP contribution in [0.3, 0.4) is 0 Å². The van der Waals surface area contributed by atoms with Crippen LogP contribution in [0.2, 0.25) is 5.02 Å². The molecule has 1 aliphatic rings. The number of carbonyl (C=O) groups excluding carboxylic acids is 1. The van der Waals surface area contributed by atoms with E-state index in [0.29, 0.717) is 23.3 Å². The second-order valence-electron chi connectivity index (χ2n) is 6.96. The predicted octanol–water partition coefficient (Wildman–Crippen LogP) is 5.28. The van der Waals surface area contributed by atoms with Crippen molar-refractivity contribution >= 4 is 34.8 Å². The zero-order valence-electron chi connectivity index (χ0n) is 15.3. The Kier molecular flexibility index (Phi) is 8.69. The summed E-state index contributed by atoms with van der Waals surface area (Å²) in [6.45, 7) is 2.12. The number of aryl methyl sites for hydroxylation is 1. The maximum atomic E-state index is 12.2. The van der Waals surface area contributed by atoms with E-state index < -0.39 is 11.6 Å². The van der Waals surface area contributed by atoms with E-state index in [0.717, 1.165) is 18.5 Å². The fourth-order valence-electron chi connectivity index (χ4n) is 3.55. The molecule has 0 unspecified atom stereocenters. The van der Waals surface area contributed by atoms with Crippen LogP contribution in [0.25, 0.3) is 0 Å². The molecule has 1 N–H and O–H groups in total. The third-order valence-corrected chi connectivity index (χ3v) is 5.25. The Balaban J connectivity index is 0.000000817. The summed E-state index contributed by atoms with van der Waals surface area (Å²) in [6.07, 6.45) is 5.24.